The lowest BCUT2D eigenvalue weighted by Gasteiger charge is -2.38. The summed E-state index contributed by atoms with van der Waals surface area (Å²) in [5.41, 5.74) is 7.38. The molecular weight excluding hydrogens is 408 g/mol. The SMILES string of the molecule is CN(C)C1CCCN(c2ccncc2NC(=O)C(C(N)N=O)C2NCC(Cl)CN2)C1. The normalized spacial score (nSPS) is 26.8. The number of carbonyl (C=O) groups is 1. The molecule has 1 aromatic rings. The predicted octanol–water partition coefficient (Wildman–Crippen LogP) is 0.344. The minimum absolute atomic E-state index is 0.0981. The average Bonchev–Trinajstić information content (AvgIpc) is 2.75. The quantitative estimate of drug-likeness (QED) is 0.354. The van der Waals surface area contributed by atoms with Crippen molar-refractivity contribution < 1.29 is 4.79 Å². The lowest BCUT2D eigenvalue weighted by molar-refractivity contribution is -0.121. The molecule has 166 valence electrons. The number of pyridine rings is 1. The van der Waals surface area contributed by atoms with Gasteiger partial charge in [-0.15, -0.1) is 16.5 Å². The lowest BCUT2D eigenvalue weighted by Crippen LogP contribution is -2.62. The maximum Gasteiger partial charge on any atom is 0.234 e. The first-order chi connectivity index (χ1) is 14.4. The van der Waals surface area contributed by atoms with Gasteiger partial charge >= 0.3 is 0 Å². The number of hydrogen-bond donors (Lipinski definition) is 4. The maximum atomic E-state index is 13.1. The van der Waals surface area contributed by atoms with E-state index in [0.29, 0.717) is 24.8 Å². The standard InChI is InChI=1S/C19H31ClN8O2/c1-27(2)13-4-3-7-28(11-13)15-5-6-22-10-14(15)25-19(29)16(17(21)26-30)18-23-8-12(20)9-24-18/h5-6,10,12-13,16-18,23-24H,3-4,7-9,11,21H2,1-2H3,(H,25,29). The number of anilines is 2. The van der Waals surface area contributed by atoms with Crippen LogP contribution in [0.25, 0.3) is 0 Å². The number of nitroso groups, excluding NO2 is 1. The van der Waals surface area contributed by atoms with E-state index in [1.165, 1.54) is 0 Å². The molecule has 1 aromatic heterocycles. The lowest BCUT2D eigenvalue weighted by atomic mass is 9.99. The second-order valence-corrected chi connectivity index (χ2v) is 8.72. The molecule has 2 aliphatic heterocycles. The van der Waals surface area contributed by atoms with E-state index < -0.39 is 24.2 Å². The van der Waals surface area contributed by atoms with Crippen molar-refractivity contribution in [3.8, 4) is 0 Å². The van der Waals surface area contributed by atoms with Gasteiger partial charge in [0.15, 0.2) is 6.17 Å². The van der Waals surface area contributed by atoms with Crippen molar-refractivity contribution >= 4 is 28.9 Å². The number of amides is 1. The first kappa shape index (κ1) is 22.8. The van der Waals surface area contributed by atoms with Gasteiger partial charge in [0.2, 0.25) is 5.91 Å². The molecule has 0 spiro atoms. The van der Waals surface area contributed by atoms with Crippen molar-refractivity contribution in [2.45, 2.75) is 36.6 Å². The number of rotatable bonds is 7. The summed E-state index contributed by atoms with van der Waals surface area (Å²) in [6.45, 7) is 2.78. The van der Waals surface area contributed by atoms with E-state index in [4.69, 9.17) is 17.3 Å². The third-order valence-corrected chi connectivity index (χ3v) is 6.10. The first-order valence-corrected chi connectivity index (χ1v) is 10.7. The van der Waals surface area contributed by atoms with E-state index in [9.17, 15) is 9.70 Å². The Bertz CT molecular complexity index is 728. The van der Waals surface area contributed by atoms with Gasteiger partial charge in [-0.25, -0.2) is 0 Å². The summed E-state index contributed by atoms with van der Waals surface area (Å²) in [6.07, 6.45) is 3.84. The van der Waals surface area contributed by atoms with E-state index in [1.54, 1.807) is 12.4 Å². The minimum atomic E-state index is -1.20. The monoisotopic (exact) mass is 438 g/mol. The Morgan fingerprint density at radius 1 is 1.43 bits per heavy atom. The molecule has 2 fully saturated rings. The number of halogens is 1. The zero-order valence-electron chi connectivity index (χ0n) is 17.4. The largest absolute Gasteiger partial charge is 0.368 e. The maximum absolute atomic E-state index is 13.1. The van der Waals surface area contributed by atoms with Crippen LogP contribution in [0, 0.1) is 10.8 Å². The fourth-order valence-electron chi connectivity index (χ4n) is 4.05. The van der Waals surface area contributed by atoms with Crippen molar-refractivity contribution in [3.05, 3.63) is 23.4 Å². The summed E-state index contributed by atoms with van der Waals surface area (Å²) in [6, 6.07) is 2.34. The van der Waals surface area contributed by atoms with Crippen LogP contribution in [-0.2, 0) is 4.79 Å². The van der Waals surface area contributed by atoms with Gasteiger partial charge in [0, 0.05) is 38.4 Å². The molecule has 30 heavy (non-hydrogen) atoms. The molecule has 0 radical (unpaired) electrons. The van der Waals surface area contributed by atoms with Crippen LogP contribution < -0.4 is 26.6 Å². The third-order valence-electron chi connectivity index (χ3n) is 5.79. The van der Waals surface area contributed by atoms with Crippen molar-refractivity contribution in [2.24, 2.45) is 16.8 Å². The number of likely N-dealkylation sites (N-methyl/N-ethyl adjacent to an activating group) is 1. The number of alkyl halides is 1. The molecule has 3 unspecified atom stereocenters. The van der Waals surface area contributed by atoms with Crippen LogP contribution in [0.3, 0.4) is 0 Å². The van der Waals surface area contributed by atoms with E-state index >= 15 is 0 Å². The second-order valence-electron chi connectivity index (χ2n) is 8.10. The van der Waals surface area contributed by atoms with E-state index in [2.05, 4.69) is 50.0 Å². The summed E-state index contributed by atoms with van der Waals surface area (Å²) in [5.74, 6) is -1.29. The van der Waals surface area contributed by atoms with Crippen LogP contribution in [0.15, 0.2) is 23.6 Å². The number of piperidine rings is 1. The minimum Gasteiger partial charge on any atom is -0.368 e. The highest BCUT2D eigenvalue weighted by Gasteiger charge is 2.37. The van der Waals surface area contributed by atoms with Gasteiger partial charge < -0.3 is 20.9 Å². The summed E-state index contributed by atoms with van der Waals surface area (Å²) >= 11 is 6.09. The highest BCUT2D eigenvalue weighted by Crippen LogP contribution is 2.29. The third kappa shape index (κ3) is 5.44. The number of hydrogen-bond acceptors (Lipinski definition) is 9. The fraction of sp³-hybridized carbons (Fsp3) is 0.684. The smallest absolute Gasteiger partial charge is 0.234 e. The van der Waals surface area contributed by atoms with Gasteiger partial charge in [0.05, 0.1) is 29.1 Å². The van der Waals surface area contributed by atoms with Gasteiger partial charge in [-0.3, -0.25) is 20.4 Å². The molecule has 2 saturated heterocycles. The molecule has 0 aliphatic carbocycles. The highest BCUT2D eigenvalue weighted by atomic mass is 35.5. The molecule has 2 aliphatic rings. The summed E-state index contributed by atoms with van der Waals surface area (Å²) in [4.78, 5) is 33.0. The van der Waals surface area contributed by atoms with Crippen LogP contribution in [0.5, 0.6) is 0 Å². The van der Waals surface area contributed by atoms with E-state index in [1.807, 2.05) is 6.07 Å². The van der Waals surface area contributed by atoms with Crippen molar-refractivity contribution in [1.29, 1.82) is 0 Å². The highest BCUT2D eigenvalue weighted by molar-refractivity contribution is 6.21. The number of nitrogens with zero attached hydrogens (tertiary/aromatic N) is 4. The summed E-state index contributed by atoms with van der Waals surface area (Å²) in [7, 11) is 4.16. The molecule has 3 atom stereocenters. The van der Waals surface area contributed by atoms with Crippen LogP contribution in [0.2, 0.25) is 0 Å². The van der Waals surface area contributed by atoms with Gasteiger partial charge in [-0.2, -0.15) is 0 Å². The number of nitrogens with one attached hydrogen (secondary N) is 3. The number of carbonyl (C=O) groups excluding carboxylic acids is 1. The summed E-state index contributed by atoms with van der Waals surface area (Å²) in [5, 5.41) is 12.0. The Morgan fingerprint density at radius 2 is 2.17 bits per heavy atom. The van der Waals surface area contributed by atoms with Gasteiger partial charge in [0.25, 0.3) is 0 Å². The van der Waals surface area contributed by atoms with Crippen molar-refractivity contribution in [2.75, 3.05) is 50.5 Å². The molecule has 11 heteroatoms. The fourth-order valence-corrected chi connectivity index (χ4v) is 4.23. The van der Waals surface area contributed by atoms with Gasteiger partial charge in [-0.1, -0.05) is 5.18 Å². The Morgan fingerprint density at radius 3 is 2.83 bits per heavy atom. The van der Waals surface area contributed by atoms with Crippen molar-refractivity contribution in [1.82, 2.24) is 20.5 Å². The topological polar surface area (TPSA) is 128 Å². The molecule has 3 heterocycles. The van der Waals surface area contributed by atoms with E-state index in [0.717, 1.165) is 31.6 Å². The first-order valence-electron chi connectivity index (χ1n) is 10.3. The molecule has 1 amide bonds. The molecular formula is C19H31ClN8O2. The molecule has 3 rings (SSSR count). The van der Waals surface area contributed by atoms with Crippen LogP contribution >= 0.6 is 11.6 Å². The Hall–Kier alpha value is -1.85. The average molecular weight is 439 g/mol. The van der Waals surface area contributed by atoms with Crippen LogP contribution in [0.4, 0.5) is 11.4 Å². The number of nitrogens with two attached hydrogens (primary N) is 1. The summed E-state index contributed by atoms with van der Waals surface area (Å²) < 4.78 is 0. The molecule has 0 aromatic carbocycles. The number of aromatic nitrogens is 1. The zero-order chi connectivity index (χ0) is 21.7. The molecule has 5 N–H and O–H groups in total. The Labute approximate surface area is 181 Å². The Balaban J connectivity index is 1.77. The second kappa shape index (κ2) is 10.5. The Kier molecular flexibility index (Phi) is 7.95. The molecule has 0 bridgehead atoms. The van der Waals surface area contributed by atoms with Crippen LogP contribution in [0.1, 0.15) is 12.8 Å². The zero-order valence-corrected chi connectivity index (χ0v) is 18.2. The molecule has 0 saturated carbocycles. The van der Waals surface area contributed by atoms with Gasteiger partial charge in [-0.05, 0) is 33.0 Å². The van der Waals surface area contributed by atoms with Gasteiger partial charge in [0.1, 0.15) is 5.92 Å². The van der Waals surface area contributed by atoms with Crippen molar-refractivity contribution in [3.63, 3.8) is 0 Å². The van der Waals surface area contributed by atoms with Crippen LogP contribution in [-0.4, -0.2) is 79.8 Å². The predicted molar refractivity (Wildman–Crippen MR) is 118 cm³/mol. The van der Waals surface area contributed by atoms with E-state index in [-0.39, 0.29) is 5.38 Å². The molecule has 10 nitrogen and oxygen atoms in total.